The van der Waals surface area contributed by atoms with E-state index in [2.05, 4.69) is 21.2 Å². The van der Waals surface area contributed by atoms with Crippen molar-refractivity contribution in [3.63, 3.8) is 0 Å². The van der Waals surface area contributed by atoms with Crippen LogP contribution >= 0.6 is 27.7 Å². The number of carbonyl (C=O) groups is 3. The molecule has 0 spiro atoms. The van der Waals surface area contributed by atoms with E-state index in [1.54, 1.807) is 12.1 Å². The number of esters is 1. The third-order valence-electron chi connectivity index (χ3n) is 3.45. The first-order valence-corrected chi connectivity index (χ1v) is 9.69. The molecule has 0 heterocycles. The van der Waals surface area contributed by atoms with Crippen LogP contribution in [0.3, 0.4) is 0 Å². The van der Waals surface area contributed by atoms with Crippen LogP contribution in [0, 0.1) is 6.92 Å². The molecule has 2 amide bonds. The molecule has 142 valence electrons. The molecular weight excluding hydrogens is 434 g/mol. The molecule has 0 aromatic heterocycles. The molecular formula is C19H18BrNO5S. The molecule has 0 aliphatic heterocycles. The molecule has 1 N–H and O–H groups in total. The smallest absolute Gasteiger partial charge is 0.316 e. The van der Waals surface area contributed by atoms with E-state index < -0.39 is 24.4 Å². The maximum Gasteiger partial charge on any atom is 0.316 e. The zero-order valence-corrected chi connectivity index (χ0v) is 17.2. The van der Waals surface area contributed by atoms with Gasteiger partial charge < -0.3 is 9.47 Å². The van der Waals surface area contributed by atoms with E-state index in [9.17, 15) is 14.4 Å². The number of aryl methyl sites for hydroxylation is 1. The van der Waals surface area contributed by atoms with Gasteiger partial charge in [0, 0.05) is 14.9 Å². The summed E-state index contributed by atoms with van der Waals surface area (Å²) in [6.07, 6.45) is 0. The van der Waals surface area contributed by atoms with Gasteiger partial charge in [0.25, 0.3) is 11.8 Å². The lowest BCUT2D eigenvalue weighted by Gasteiger charge is -2.08. The summed E-state index contributed by atoms with van der Waals surface area (Å²) in [6, 6.07) is 12.0. The van der Waals surface area contributed by atoms with E-state index >= 15 is 0 Å². The second kappa shape index (κ2) is 10.1. The number of amides is 2. The number of rotatable bonds is 7. The van der Waals surface area contributed by atoms with Gasteiger partial charge in [-0.05, 0) is 55.0 Å². The minimum Gasteiger partial charge on any atom is -0.497 e. The van der Waals surface area contributed by atoms with Gasteiger partial charge in [0.15, 0.2) is 6.61 Å². The zero-order valence-electron chi connectivity index (χ0n) is 14.8. The highest BCUT2D eigenvalue weighted by atomic mass is 79.9. The van der Waals surface area contributed by atoms with Crippen LogP contribution < -0.4 is 10.1 Å². The number of halogens is 1. The number of ether oxygens (including phenoxy) is 2. The van der Waals surface area contributed by atoms with Gasteiger partial charge in [-0.1, -0.05) is 15.9 Å². The first-order valence-electron chi connectivity index (χ1n) is 7.92. The molecule has 0 aliphatic carbocycles. The van der Waals surface area contributed by atoms with E-state index in [0.717, 1.165) is 14.9 Å². The maximum absolute atomic E-state index is 12.0. The zero-order chi connectivity index (χ0) is 19.8. The topological polar surface area (TPSA) is 81.7 Å². The van der Waals surface area contributed by atoms with Crippen molar-refractivity contribution in [1.29, 1.82) is 0 Å². The summed E-state index contributed by atoms with van der Waals surface area (Å²) in [4.78, 5) is 36.5. The van der Waals surface area contributed by atoms with Crippen LogP contribution in [0.5, 0.6) is 5.75 Å². The van der Waals surface area contributed by atoms with E-state index in [1.165, 1.54) is 31.0 Å². The van der Waals surface area contributed by atoms with Crippen LogP contribution in [-0.4, -0.2) is 37.3 Å². The number of hydrogen-bond acceptors (Lipinski definition) is 6. The molecule has 2 aromatic rings. The van der Waals surface area contributed by atoms with Gasteiger partial charge in [0.1, 0.15) is 5.75 Å². The average molecular weight is 452 g/mol. The number of thioether (sulfide) groups is 1. The fourth-order valence-electron chi connectivity index (χ4n) is 2.08. The van der Waals surface area contributed by atoms with E-state index in [-0.39, 0.29) is 5.75 Å². The Balaban J connectivity index is 1.75. The lowest BCUT2D eigenvalue weighted by molar-refractivity contribution is -0.145. The molecule has 0 unspecified atom stereocenters. The number of imide groups is 1. The minimum absolute atomic E-state index is 0.0716. The van der Waals surface area contributed by atoms with Crippen molar-refractivity contribution in [1.82, 2.24) is 5.32 Å². The highest BCUT2D eigenvalue weighted by Crippen LogP contribution is 2.25. The van der Waals surface area contributed by atoms with Crippen LogP contribution in [-0.2, 0) is 14.3 Å². The Morgan fingerprint density at radius 2 is 1.81 bits per heavy atom. The highest BCUT2D eigenvalue weighted by Gasteiger charge is 2.13. The Hall–Kier alpha value is -2.32. The second-order valence-electron chi connectivity index (χ2n) is 5.46. The van der Waals surface area contributed by atoms with Crippen molar-refractivity contribution in [3.8, 4) is 5.75 Å². The number of nitrogens with one attached hydrogen (secondary N) is 1. The third-order valence-corrected chi connectivity index (χ3v) is 5.09. The van der Waals surface area contributed by atoms with Crippen LogP contribution in [0.4, 0.5) is 0 Å². The fourth-order valence-corrected chi connectivity index (χ4v) is 3.36. The molecule has 2 aromatic carbocycles. The van der Waals surface area contributed by atoms with Gasteiger partial charge >= 0.3 is 5.97 Å². The van der Waals surface area contributed by atoms with E-state index in [0.29, 0.717) is 11.3 Å². The van der Waals surface area contributed by atoms with Crippen molar-refractivity contribution in [2.45, 2.75) is 11.8 Å². The fraction of sp³-hybridized carbons (Fsp3) is 0.211. The first kappa shape index (κ1) is 21.0. The molecule has 0 bridgehead atoms. The van der Waals surface area contributed by atoms with Gasteiger partial charge in [0.05, 0.1) is 12.9 Å². The molecule has 8 heteroatoms. The Labute approximate surface area is 169 Å². The molecule has 0 fully saturated rings. The number of methoxy groups -OCH3 is 1. The lowest BCUT2D eigenvalue weighted by Crippen LogP contribution is -2.34. The Morgan fingerprint density at radius 3 is 2.44 bits per heavy atom. The van der Waals surface area contributed by atoms with Crippen molar-refractivity contribution in [2.24, 2.45) is 0 Å². The average Bonchev–Trinajstić information content (AvgIpc) is 2.65. The number of benzene rings is 2. The lowest BCUT2D eigenvalue weighted by atomic mass is 10.2. The molecule has 0 atom stereocenters. The molecule has 27 heavy (non-hydrogen) atoms. The van der Waals surface area contributed by atoms with Crippen molar-refractivity contribution in [3.05, 3.63) is 58.1 Å². The highest BCUT2D eigenvalue weighted by molar-refractivity contribution is 9.10. The van der Waals surface area contributed by atoms with Gasteiger partial charge in [-0.2, -0.15) is 0 Å². The molecule has 6 nitrogen and oxygen atoms in total. The summed E-state index contributed by atoms with van der Waals surface area (Å²) in [7, 11) is 1.52. The summed E-state index contributed by atoms with van der Waals surface area (Å²) in [5.74, 6) is -1.12. The predicted octanol–water partition coefficient (Wildman–Crippen LogP) is 3.36. The summed E-state index contributed by atoms with van der Waals surface area (Å²) in [5.41, 5.74) is 1.33. The van der Waals surface area contributed by atoms with Crippen LogP contribution in [0.2, 0.25) is 0 Å². The third kappa shape index (κ3) is 6.73. The summed E-state index contributed by atoms with van der Waals surface area (Å²) >= 11 is 4.71. The van der Waals surface area contributed by atoms with E-state index in [4.69, 9.17) is 9.47 Å². The molecule has 0 radical (unpaired) electrons. The van der Waals surface area contributed by atoms with Gasteiger partial charge in [-0.3, -0.25) is 19.7 Å². The predicted molar refractivity (Wildman–Crippen MR) is 106 cm³/mol. The number of carbonyl (C=O) groups excluding carboxylic acids is 3. The number of hydrogen-bond donors (Lipinski definition) is 1. The minimum atomic E-state index is -0.686. The molecule has 0 aliphatic rings. The van der Waals surface area contributed by atoms with Crippen molar-refractivity contribution >= 4 is 45.5 Å². The standard InChI is InChI=1S/C19H18BrNO5S/c1-12-9-14(20)5-8-16(12)27-11-18(23)26-10-17(22)21-19(24)13-3-6-15(25-2)7-4-13/h3-9H,10-11H2,1-2H3,(H,21,22,24). The SMILES string of the molecule is COc1ccc(C(=O)NC(=O)COC(=O)CSc2ccc(Br)cc2C)cc1. The molecule has 2 rings (SSSR count). The monoisotopic (exact) mass is 451 g/mol. The van der Waals surface area contributed by atoms with Crippen LogP contribution in [0.15, 0.2) is 51.8 Å². The maximum atomic E-state index is 12.0. The first-order chi connectivity index (χ1) is 12.9. The summed E-state index contributed by atoms with van der Waals surface area (Å²) < 4.78 is 10.9. The van der Waals surface area contributed by atoms with Gasteiger partial charge in [-0.25, -0.2) is 0 Å². The Bertz CT molecular complexity index is 838. The van der Waals surface area contributed by atoms with Crippen LogP contribution in [0.25, 0.3) is 0 Å². The second-order valence-corrected chi connectivity index (χ2v) is 7.40. The normalized spacial score (nSPS) is 10.2. The quantitative estimate of drug-likeness (QED) is 0.513. The van der Waals surface area contributed by atoms with Gasteiger partial charge in [0.2, 0.25) is 0 Å². The Kier molecular flexibility index (Phi) is 7.87. The Morgan fingerprint density at radius 1 is 1.11 bits per heavy atom. The van der Waals surface area contributed by atoms with Gasteiger partial charge in [-0.15, -0.1) is 11.8 Å². The molecule has 0 saturated carbocycles. The van der Waals surface area contributed by atoms with Crippen molar-refractivity contribution in [2.75, 3.05) is 19.5 Å². The van der Waals surface area contributed by atoms with E-state index in [1.807, 2.05) is 25.1 Å². The molecule has 0 saturated heterocycles. The summed E-state index contributed by atoms with van der Waals surface area (Å²) in [6.45, 7) is 1.43. The largest absolute Gasteiger partial charge is 0.497 e. The van der Waals surface area contributed by atoms with Crippen LogP contribution in [0.1, 0.15) is 15.9 Å². The van der Waals surface area contributed by atoms with Crippen molar-refractivity contribution < 1.29 is 23.9 Å². The summed E-state index contributed by atoms with van der Waals surface area (Å²) in [5, 5.41) is 2.17.